The quantitative estimate of drug-likeness (QED) is 0.533. The highest BCUT2D eigenvalue weighted by atomic mass is 32.1. The first-order chi connectivity index (χ1) is 11.1. The molecule has 7 heteroatoms. The smallest absolute Gasteiger partial charge is 0.231 e. The van der Waals surface area contributed by atoms with Crippen LogP contribution in [0.4, 0.5) is 0 Å². The Bertz CT molecular complexity index is 509. The molecule has 1 saturated heterocycles. The molecule has 1 aliphatic rings. The highest BCUT2D eigenvalue weighted by Gasteiger charge is 2.20. The van der Waals surface area contributed by atoms with E-state index in [2.05, 4.69) is 44.3 Å². The number of primary amides is 1. The van der Waals surface area contributed by atoms with Gasteiger partial charge in [0.2, 0.25) is 5.91 Å². The monoisotopic (exact) mass is 337 g/mol. The first kappa shape index (κ1) is 17.7. The van der Waals surface area contributed by atoms with E-state index >= 15 is 0 Å². The van der Waals surface area contributed by atoms with Gasteiger partial charge >= 0.3 is 0 Å². The number of carbonyl (C=O) groups excluding carboxylic acids is 1. The molecule has 1 atom stereocenters. The minimum absolute atomic E-state index is 0.253. The minimum Gasteiger partial charge on any atom is -0.369 e. The summed E-state index contributed by atoms with van der Waals surface area (Å²) in [6.07, 6.45) is 1.99. The first-order valence-electron chi connectivity index (χ1n) is 8.08. The third-order valence-electron chi connectivity index (χ3n) is 4.22. The maximum absolute atomic E-state index is 11.0. The maximum Gasteiger partial charge on any atom is 0.231 e. The fraction of sp³-hybridized carbons (Fsp3) is 0.625. The number of hydrogen-bond acceptors (Lipinski definition) is 4. The average Bonchev–Trinajstić information content (AvgIpc) is 3.06. The van der Waals surface area contributed by atoms with Crippen molar-refractivity contribution in [3.63, 3.8) is 0 Å². The van der Waals surface area contributed by atoms with Crippen LogP contribution in [0.2, 0.25) is 0 Å². The topological polar surface area (TPSA) is 82.8 Å². The van der Waals surface area contributed by atoms with Crippen molar-refractivity contribution in [2.24, 2.45) is 10.7 Å². The van der Waals surface area contributed by atoms with Crippen molar-refractivity contribution in [1.82, 2.24) is 15.5 Å². The lowest BCUT2D eigenvalue weighted by atomic mass is 10.0. The second kappa shape index (κ2) is 8.88. The van der Waals surface area contributed by atoms with Gasteiger partial charge < -0.3 is 16.4 Å². The second-order valence-corrected chi connectivity index (χ2v) is 6.85. The molecular formula is C16H27N5OS. The van der Waals surface area contributed by atoms with Crippen LogP contribution in [-0.2, 0) is 4.79 Å². The van der Waals surface area contributed by atoms with Gasteiger partial charge in [0.25, 0.3) is 0 Å². The number of guanidine groups is 1. The number of amides is 1. The molecule has 128 valence electrons. The highest BCUT2D eigenvalue weighted by molar-refractivity contribution is 7.07. The Hall–Kier alpha value is -1.60. The lowest BCUT2D eigenvalue weighted by Gasteiger charge is -2.32. The summed E-state index contributed by atoms with van der Waals surface area (Å²) in [6.45, 7) is 5.21. The zero-order valence-electron chi connectivity index (χ0n) is 13.9. The number of likely N-dealkylation sites (tertiary alicyclic amines) is 1. The molecule has 1 aliphatic heterocycles. The van der Waals surface area contributed by atoms with E-state index in [1.54, 1.807) is 18.4 Å². The van der Waals surface area contributed by atoms with E-state index in [-0.39, 0.29) is 5.91 Å². The summed E-state index contributed by atoms with van der Waals surface area (Å²) in [5.41, 5.74) is 6.60. The molecule has 0 saturated carbocycles. The van der Waals surface area contributed by atoms with Gasteiger partial charge in [-0.3, -0.25) is 14.7 Å². The van der Waals surface area contributed by atoms with E-state index in [1.807, 2.05) is 0 Å². The Morgan fingerprint density at radius 2 is 2.26 bits per heavy atom. The molecule has 1 unspecified atom stereocenters. The average molecular weight is 337 g/mol. The lowest BCUT2D eigenvalue weighted by Crippen LogP contribution is -2.50. The molecule has 2 rings (SSSR count). The molecule has 1 aromatic heterocycles. The van der Waals surface area contributed by atoms with Gasteiger partial charge in [-0.15, -0.1) is 0 Å². The molecular weight excluding hydrogens is 310 g/mol. The number of thiophene rings is 1. The number of piperidine rings is 1. The van der Waals surface area contributed by atoms with Crippen LogP contribution in [-0.4, -0.2) is 56.0 Å². The number of carbonyl (C=O) groups is 1. The summed E-state index contributed by atoms with van der Waals surface area (Å²) in [5.74, 6) is 1.05. The molecule has 0 radical (unpaired) electrons. The predicted octanol–water partition coefficient (Wildman–Crippen LogP) is 0.966. The first-order valence-corrected chi connectivity index (χ1v) is 9.02. The van der Waals surface area contributed by atoms with Crippen molar-refractivity contribution in [1.29, 1.82) is 0 Å². The van der Waals surface area contributed by atoms with Crippen LogP contribution < -0.4 is 16.4 Å². The van der Waals surface area contributed by atoms with Gasteiger partial charge in [0.1, 0.15) is 0 Å². The number of nitrogens with one attached hydrogen (secondary N) is 2. The molecule has 1 aromatic rings. The summed E-state index contributed by atoms with van der Waals surface area (Å²) >= 11 is 1.73. The van der Waals surface area contributed by atoms with E-state index in [1.165, 1.54) is 5.56 Å². The SMILES string of the molecule is CN=C(NCC(C)c1ccsc1)NC1CCN(CC(N)=O)CC1. The van der Waals surface area contributed by atoms with Gasteiger partial charge in [-0.2, -0.15) is 11.3 Å². The second-order valence-electron chi connectivity index (χ2n) is 6.07. The van der Waals surface area contributed by atoms with Gasteiger partial charge in [0.05, 0.1) is 6.54 Å². The van der Waals surface area contributed by atoms with Gasteiger partial charge in [-0.05, 0) is 41.1 Å². The Balaban J connectivity index is 1.72. The third kappa shape index (κ3) is 5.84. The van der Waals surface area contributed by atoms with Crippen LogP contribution in [0.5, 0.6) is 0 Å². The summed E-state index contributed by atoms with van der Waals surface area (Å²) < 4.78 is 0. The van der Waals surface area contributed by atoms with Crippen LogP contribution in [0.15, 0.2) is 21.8 Å². The normalized spacial score (nSPS) is 18.6. The fourth-order valence-corrected chi connectivity index (χ4v) is 3.55. The zero-order chi connectivity index (χ0) is 16.7. The van der Waals surface area contributed by atoms with Crippen molar-refractivity contribution < 1.29 is 4.79 Å². The molecule has 1 fully saturated rings. The fourth-order valence-electron chi connectivity index (χ4n) is 2.77. The van der Waals surface area contributed by atoms with Crippen LogP contribution >= 0.6 is 11.3 Å². The van der Waals surface area contributed by atoms with Crippen molar-refractivity contribution in [2.45, 2.75) is 31.7 Å². The molecule has 2 heterocycles. The van der Waals surface area contributed by atoms with Gasteiger partial charge in [0, 0.05) is 32.7 Å². The van der Waals surface area contributed by atoms with Crippen LogP contribution in [0.1, 0.15) is 31.2 Å². The number of rotatable bonds is 6. The third-order valence-corrected chi connectivity index (χ3v) is 4.92. The van der Waals surface area contributed by atoms with E-state index in [0.29, 0.717) is 18.5 Å². The number of nitrogens with zero attached hydrogens (tertiary/aromatic N) is 2. The minimum atomic E-state index is -0.253. The number of aliphatic imine (C=N–C) groups is 1. The van der Waals surface area contributed by atoms with Crippen molar-refractivity contribution in [3.05, 3.63) is 22.4 Å². The van der Waals surface area contributed by atoms with E-state index in [0.717, 1.165) is 38.4 Å². The largest absolute Gasteiger partial charge is 0.369 e. The molecule has 23 heavy (non-hydrogen) atoms. The maximum atomic E-state index is 11.0. The molecule has 0 aliphatic carbocycles. The number of hydrogen-bond donors (Lipinski definition) is 3. The molecule has 1 amide bonds. The van der Waals surface area contributed by atoms with Crippen molar-refractivity contribution >= 4 is 23.2 Å². The molecule has 6 nitrogen and oxygen atoms in total. The predicted molar refractivity (Wildman–Crippen MR) is 95.9 cm³/mol. The van der Waals surface area contributed by atoms with Gasteiger partial charge in [0.15, 0.2) is 5.96 Å². The standard InChI is InChI=1S/C16H27N5OS/c1-12(13-5-8-23-11-13)9-19-16(18-2)20-14-3-6-21(7-4-14)10-15(17)22/h5,8,11-12,14H,3-4,6-7,9-10H2,1-2H3,(H2,17,22)(H2,18,19,20). The number of nitrogens with two attached hydrogens (primary N) is 1. The van der Waals surface area contributed by atoms with Gasteiger partial charge in [-0.1, -0.05) is 6.92 Å². The summed E-state index contributed by atoms with van der Waals surface area (Å²) in [5, 5.41) is 11.2. The van der Waals surface area contributed by atoms with Crippen LogP contribution in [0.25, 0.3) is 0 Å². The Morgan fingerprint density at radius 3 is 2.83 bits per heavy atom. The molecule has 0 spiro atoms. The Kier molecular flexibility index (Phi) is 6.85. The Morgan fingerprint density at radius 1 is 1.52 bits per heavy atom. The van der Waals surface area contributed by atoms with E-state index < -0.39 is 0 Å². The summed E-state index contributed by atoms with van der Waals surface area (Å²) in [4.78, 5) is 17.4. The highest BCUT2D eigenvalue weighted by Crippen LogP contribution is 2.17. The lowest BCUT2D eigenvalue weighted by molar-refractivity contribution is -0.119. The zero-order valence-corrected chi connectivity index (χ0v) is 14.7. The molecule has 0 aromatic carbocycles. The van der Waals surface area contributed by atoms with Crippen LogP contribution in [0.3, 0.4) is 0 Å². The van der Waals surface area contributed by atoms with Crippen LogP contribution in [0, 0.1) is 0 Å². The molecule has 0 bridgehead atoms. The van der Waals surface area contributed by atoms with Gasteiger partial charge in [-0.25, -0.2) is 0 Å². The summed E-state index contributed by atoms with van der Waals surface area (Å²) in [6, 6.07) is 2.56. The van der Waals surface area contributed by atoms with Crippen molar-refractivity contribution in [3.8, 4) is 0 Å². The van der Waals surface area contributed by atoms with E-state index in [9.17, 15) is 4.79 Å². The van der Waals surface area contributed by atoms with E-state index in [4.69, 9.17) is 5.73 Å². The summed E-state index contributed by atoms with van der Waals surface area (Å²) in [7, 11) is 1.80. The van der Waals surface area contributed by atoms with Crippen molar-refractivity contribution in [2.75, 3.05) is 33.2 Å². The Labute approximate surface area is 142 Å². The molecule has 4 N–H and O–H groups in total.